The molecule has 2 saturated heterocycles. The summed E-state index contributed by atoms with van der Waals surface area (Å²) < 4.78 is 5.24. The number of pyridine rings is 1. The molecule has 6 heterocycles. The first-order chi connectivity index (χ1) is 29.4. The first-order valence-corrected chi connectivity index (χ1v) is 21.1. The highest BCUT2D eigenvalue weighted by atomic mass is 16.5. The van der Waals surface area contributed by atoms with Gasteiger partial charge in [-0.1, -0.05) is 50.2 Å². The zero-order valence-electron chi connectivity index (χ0n) is 35.2. The average Bonchev–Trinajstić information content (AvgIpc) is 3.92. The third kappa shape index (κ3) is 8.34. The number of fused-ring (bicyclic) bond motifs is 1. The molecule has 314 valence electrons. The van der Waals surface area contributed by atoms with E-state index in [1.165, 1.54) is 5.56 Å². The lowest BCUT2D eigenvalue weighted by Gasteiger charge is -2.47. The Labute approximate surface area is 354 Å². The zero-order chi connectivity index (χ0) is 42.4. The Hall–Kier alpha value is -6.48. The number of carbonyl (C=O) groups excluding carboxylic acids is 3. The molecular formula is C46H51N11O4. The maximum atomic E-state index is 12.9. The van der Waals surface area contributed by atoms with Crippen molar-refractivity contribution < 1.29 is 18.9 Å². The van der Waals surface area contributed by atoms with Crippen LogP contribution < -0.4 is 20.9 Å². The highest BCUT2D eigenvalue weighted by Crippen LogP contribution is 2.41. The van der Waals surface area contributed by atoms with Crippen molar-refractivity contribution in [3.05, 3.63) is 102 Å². The molecular weight excluding hydrogens is 771 g/mol. The standard InChI is InChI=1S/C46H51N11O4/c1-26-20-29(8-12-34(26)27(2)50-43(60)44-54-45(55-61-44)46(3,4)5)40-35-23-37(52-41(35)49-25-48-40)30-9-14-38(47-24-30)57-18-16-56(17-19-57)33-21-31(22-33)28-6-10-32(11-7-28)51-36-13-15-39(58)53-42(36)59/h6-12,14,20,23-25,27,31,33,36,51H,13,15-19,21-22H2,1-5H3,(H,50,60)(H,48,49,52)(H,53,58,59)/t27-,31?,33?,36+/m1/s1. The second-order valence-corrected chi connectivity index (χ2v) is 17.6. The maximum Gasteiger partial charge on any atom is 0.315 e. The Morgan fingerprint density at radius 2 is 1.70 bits per heavy atom. The van der Waals surface area contributed by atoms with Crippen LogP contribution in [0.15, 0.2) is 77.7 Å². The van der Waals surface area contributed by atoms with Gasteiger partial charge in [0.15, 0.2) is 5.82 Å². The first-order valence-electron chi connectivity index (χ1n) is 21.1. The van der Waals surface area contributed by atoms with E-state index in [1.54, 1.807) is 6.33 Å². The number of amides is 3. The van der Waals surface area contributed by atoms with Crippen molar-refractivity contribution in [2.45, 2.75) is 89.8 Å². The molecule has 2 aromatic carbocycles. The monoisotopic (exact) mass is 821 g/mol. The number of aromatic amines is 1. The lowest BCUT2D eigenvalue weighted by atomic mass is 9.75. The second kappa shape index (κ2) is 16.2. The van der Waals surface area contributed by atoms with E-state index in [0.717, 1.165) is 95.2 Å². The van der Waals surface area contributed by atoms with E-state index in [-0.39, 0.29) is 35.2 Å². The summed E-state index contributed by atoms with van der Waals surface area (Å²) in [5, 5.41) is 13.6. The molecule has 0 unspecified atom stereocenters. The number of anilines is 2. The summed E-state index contributed by atoms with van der Waals surface area (Å²) in [5.74, 6) is 1.08. The van der Waals surface area contributed by atoms with Crippen LogP contribution in [0.1, 0.15) is 98.5 Å². The zero-order valence-corrected chi connectivity index (χ0v) is 35.2. The largest absolute Gasteiger partial charge is 0.374 e. The van der Waals surface area contributed by atoms with Gasteiger partial charge in [-0.2, -0.15) is 4.98 Å². The molecule has 15 heteroatoms. The molecule has 2 atom stereocenters. The summed E-state index contributed by atoms with van der Waals surface area (Å²) >= 11 is 0. The number of nitrogens with one attached hydrogen (secondary N) is 4. The van der Waals surface area contributed by atoms with E-state index in [4.69, 9.17) is 9.51 Å². The predicted molar refractivity (Wildman–Crippen MR) is 232 cm³/mol. The van der Waals surface area contributed by atoms with Crippen molar-refractivity contribution >= 4 is 40.3 Å². The van der Waals surface area contributed by atoms with Gasteiger partial charge >= 0.3 is 11.8 Å². The van der Waals surface area contributed by atoms with Crippen LogP contribution in [0, 0.1) is 6.92 Å². The summed E-state index contributed by atoms with van der Waals surface area (Å²) in [5.41, 5.74) is 8.29. The summed E-state index contributed by atoms with van der Waals surface area (Å²) in [6.45, 7) is 13.7. The van der Waals surface area contributed by atoms with E-state index >= 15 is 0 Å². The van der Waals surface area contributed by atoms with E-state index in [1.807, 2.05) is 65.1 Å². The van der Waals surface area contributed by atoms with E-state index < -0.39 is 5.91 Å². The van der Waals surface area contributed by atoms with E-state index in [9.17, 15) is 14.4 Å². The summed E-state index contributed by atoms with van der Waals surface area (Å²) in [7, 11) is 0. The van der Waals surface area contributed by atoms with Crippen LogP contribution in [-0.2, 0) is 15.0 Å². The lowest BCUT2D eigenvalue weighted by molar-refractivity contribution is -0.133. The quantitative estimate of drug-likeness (QED) is 0.111. The maximum absolute atomic E-state index is 12.9. The molecule has 0 radical (unpaired) electrons. The second-order valence-electron chi connectivity index (χ2n) is 17.6. The van der Waals surface area contributed by atoms with Crippen LogP contribution >= 0.6 is 0 Å². The molecule has 2 aliphatic heterocycles. The number of aryl methyl sites for hydroxylation is 1. The number of aromatic nitrogens is 6. The topological polar surface area (TPSA) is 187 Å². The van der Waals surface area contributed by atoms with Crippen molar-refractivity contribution in [2.75, 3.05) is 36.4 Å². The third-order valence-corrected chi connectivity index (χ3v) is 12.4. The highest BCUT2D eigenvalue weighted by molar-refractivity contribution is 6.01. The molecule has 3 amide bonds. The highest BCUT2D eigenvalue weighted by Gasteiger charge is 2.36. The molecule has 0 bridgehead atoms. The number of nitrogens with zero attached hydrogens (tertiary/aromatic N) is 7. The molecule has 1 saturated carbocycles. The SMILES string of the molecule is Cc1cc(-c2ncnc3[nH]c(-c4ccc(N5CCN(C6CC(c7ccc(N[C@H]8CCC(=O)NC8=O)cc7)C6)CC5)nc4)cc23)ccc1[C@@H](C)NC(=O)c1nc(C(C)(C)C)no1. The Bertz CT molecular complexity index is 2580. The van der Waals surface area contributed by atoms with Crippen LogP contribution in [0.3, 0.4) is 0 Å². The average molecular weight is 822 g/mol. The summed E-state index contributed by atoms with van der Waals surface area (Å²) in [6.07, 6.45) is 6.68. The first kappa shape index (κ1) is 40.0. The Morgan fingerprint density at radius 1 is 0.934 bits per heavy atom. The molecule has 0 spiro atoms. The van der Waals surface area contributed by atoms with E-state index in [2.05, 4.69) is 87.2 Å². The van der Waals surface area contributed by atoms with Crippen molar-refractivity contribution in [1.82, 2.24) is 45.6 Å². The van der Waals surface area contributed by atoms with Crippen molar-refractivity contribution in [3.8, 4) is 22.5 Å². The molecule has 3 aliphatic rings. The number of benzene rings is 2. The Balaban J connectivity index is 0.783. The van der Waals surface area contributed by atoms with Gasteiger partial charge in [-0.3, -0.25) is 24.6 Å². The van der Waals surface area contributed by atoms with Crippen LogP contribution in [0.2, 0.25) is 0 Å². The number of imide groups is 1. The number of hydrogen-bond acceptors (Lipinski definition) is 12. The molecule has 6 aromatic rings. The fraction of sp³-hybridized carbons (Fsp3) is 0.391. The van der Waals surface area contributed by atoms with Crippen molar-refractivity contribution in [2.24, 2.45) is 0 Å². The van der Waals surface area contributed by atoms with Gasteiger partial charge in [0.05, 0.1) is 11.7 Å². The predicted octanol–water partition coefficient (Wildman–Crippen LogP) is 6.45. The van der Waals surface area contributed by atoms with Crippen LogP contribution in [-0.4, -0.2) is 91.0 Å². The summed E-state index contributed by atoms with van der Waals surface area (Å²) in [4.78, 5) is 63.4. The van der Waals surface area contributed by atoms with Gasteiger partial charge in [0.25, 0.3) is 0 Å². The van der Waals surface area contributed by atoms with Gasteiger partial charge < -0.3 is 25.0 Å². The van der Waals surface area contributed by atoms with Gasteiger partial charge in [0.1, 0.15) is 23.8 Å². The van der Waals surface area contributed by atoms with Crippen LogP contribution in [0.25, 0.3) is 33.5 Å². The fourth-order valence-corrected chi connectivity index (χ4v) is 8.68. The van der Waals surface area contributed by atoms with Crippen molar-refractivity contribution in [1.29, 1.82) is 0 Å². The van der Waals surface area contributed by atoms with Gasteiger partial charge in [0.2, 0.25) is 11.8 Å². The number of piperidine rings is 1. The number of rotatable bonds is 10. The van der Waals surface area contributed by atoms with E-state index in [0.29, 0.717) is 30.6 Å². The molecule has 4 N–H and O–H groups in total. The van der Waals surface area contributed by atoms with Gasteiger partial charge in [0, 0.05) is 78.1 Å². The molecule has 9 rings (SSSR count). The minimum atomic E-state index is -0.412. The van der Waals surface area contributed by atoms with Gasteiger partial charge in [-0.05, 0) is 92.1 Å². The number of carbonyl (C=O) groups is 3. The number of H-pyrrole nitrogens is 1. The van der Waals surface area contributed by atoms with Gasteiger partial charge in [-0.15, -0.1) is 0 Å². The number of hydrogen-bond donors (Lipinski definition) is 4. The molecule has 3 fully saturated rings. The molecule has 61 heavy (non-hydrogen) atoms. The molecule has 4 aromatic heterocycles. The third-order valence-electron chi connectivity index (χ3n) is 12.4. The fourth-order valence-electron chi connectivity index (χ4n) is 8.68. The summed E-state index contributed by atoms with van der Waals surface area (Å²) in [6, 6.07) is 20.8. The molecule has 15 nitrogen and oxygen atoms in total. The minimum Gasteiger partial charge on any atom is -0.374 e. The normalized spacial score (nSPS) is 20.3. The minimum absolute atomic E-state index is 0.0508. The van der Waals surface area contributed by atoms with Gasteiger partial charge in [-0.25, -0.2) is 15.0 Å². The Kier molecular flexibility index (Phi) is 10.6. The number of piperazine rings is 1. The Morgan fingerprint density at radius 3 is 2.39 bits per heavy atom. The lowest BCUT2D eigenvalue weighted by Crippen LogP contribution is -2.53. The molecule has 1 aliphatic carbocycles. The van der Waals surface area contributed by atoms with Crippen LogP contribution in [0.4, 0.5) is 11.5 Å². The smallest absolute Gasteiger partial charge is 0.315 e. The van der Waals surface area contributed by atoms with Crippen molar-refractivity contribution in [3.63, 3.8) is 0 Å². The van der Waals surface area contributed by atoms with Crippen LogP contribution in [0.5, 0.6) is 0 Å².